The molecule has 2 aromatic carbocycles. The van der Waals surface area contributed by atoms with Crippen molar-refractivity contribution in [2.45, 2.75) is 39.5 Å². The molecule has 0 saturated carbocycles. The molecule has 3 N–H and O–H groups in total. The van der Waals surface area contributed by atoms with Gasteiger partial charge in [-0.2, -0.15) is 0 Å². The van der Waals surface area contributed by atoms with E-state index in [9.17, 15) is 9.18 Å². The predicted molar refractivity (Wildman–Crippen MR) is 96.2 cm³/mol. The number of ether oxygens (including phenoxy) is 1. The summed E-state index contributed by atoms with van der Waals surface area (Å²) in [7, 11) is 0. The number of aliphatic hydroxyl groups is 1. The van der Waals surface area contributed by atoms with Crippen molar-refractivity contribution in [1.29, 1.82) is 0 Å². The Labute approximate surface area is 146 Å². The van der Waals surface area contributed by atoms with Crippen LogP contribution in [0.25, 0.3) is 0 Å². The first kappa shape index (κ1) is 18.7. The van der Waals surface area contributed by atoms with Crippen LogP contribution in [0.2, 0.25) is 0 Å². The Balaban J connectivity index is 2.09. The molecule has 0 heterocycles. The van der Waals surface area contributed by atoms with Gasteiger partial charge in [-0.15, -0.1) is 0 Å². The monoisotopic (exact) mass is 346 g/mol. The number of hydrogen-bond donors (Lipinski definition) is 3. The number of rotatable bonds is 7. The Kier molecular flexibility index (Phi) is 6.36. The molecule has 0 aliphatic rings. The van der Waals surface area contributed by atoms with Crippen LogP contribution >= 0.6 is 0 Å². The maximum atomic E-state index is 13.5. The van der Waals surface area contributed by atoms with Gasteiger partial charge in [0.2, 0.25) is 0 Å². The SMILES string of the molecule is CC(C)Nc1ccc(F)cc1NC(=O)C(C)Oc1cccc(CO)c1. The van der Waals surface area contributed by atoms with Crippen molar-refractivity contribution in [2.24, 2.45) is 0 Å². The smallest absolute Gasteiger partial charge is 0.265 e. The van der Waals surface area contributed by atoms with E-state index >= 15 is 0 Å². The minimum absolute atomic E-state index is 0.106. The van der Waals surface area contributed by atoms with Crippen molar-refractivity contribution >= 4 is 17.3 Å². The number of carbonyl (C=O) groups is 1. The Bertz CT molecular complexity index is 734. The summed E-state index contributed by atoms with van der Waals surface area (Å²) >= 11 is 0. The minimum Gasteiger partial charge on any atom is -0.481 e. The van der Waals surface area contributed by atoms with Crippen molar-refractivity contribution in [3.8, 4) is 5.75 Å². The largest absolute Gasteiger partial charge is 0.481 e. The summed E-state index contributed by atoms with van der Waals surface area (Å²) in [6.07, 6.45) is -0.788. The van der Waals surface area contributed by atoms with Crippen molar-refractivity contribution in [1.82, 2.24) is 0 Å². The summed E-state index contributed by atoms with van der Waals surface area (Å²) in [5.41, 5.74) is 1.69. The first-order valence-corrected chi connectivity index (χ1v) is 8.12. The summed E-state index contributed by atoms with van der Waals surface area (Å²) in [5, 5.41) is 15.0. The molecule has 0 bridgehead atoms. The number of amides is 1. The van der Waals surface area contributed by atoms with Gasteiger partial charge in [0.25, 0.3) is 5.91 Å². The third kappa shape index (κ3) is 5.46. The van der Waals surface area contributed by atoms with E-state index in [-0.39, 0.29) is 12.6 Å². The van der Waals surface area contributed by atoms with Crippen molar-refractivity contribution in [3.05, 3.63) is 53.8 Å². The third-order valence-corrected chi connectivity index (χ3v) is 3.45. The Morgan fingerprint density at radius 2 is 1.92 bits per heavy atom. The lowest BCUT2D eigenvalue weighted by atomic mass is 10.2. The van der Waals surface area contributed by atoms with Gasteiger partial charge in [-0.25, -0.2) is 4.39 Å². The lowest BCUT2D eigenvalue weighted by Gasteiger charge is -2.18. The lowest BCUT2D eigenvalue weighted by molar-refractivity contribution is -0.122. The Morgan fingerprint density at radius 1 is 1.16 bits per heavy atom. The van der Waals surface area contributed by atoms with E-state index in [1.54, 1.807) is 37.3 Å². The van der Waals surface area contributed by atoms with E-state index in [0.29, 0.717) is 22.7 Å². The maximum Gasteiger partial charge on any atom is 0.265 e. The topological polar surface area (TPSA) is 70.6 Å². The Morgan fingerprint density at radius 3 is 2.60 bits per heavy atom. The average molecular weight is 346 g/mol. The van der Waals surface area contributed by atoms with Gasteiger partial charge < -0.3 is 20.5 Å². The van der Waals surface area contributed by atoms with E-state index in [4.69, 9.17) is 9.84 Å². The number of nitrogens with one attached hydrogen (secondary N) is 2. The zero-order chi connectivity index (χ0) is 18.4. The molecule has 0 aliphatic heterocycles. The van der Waals surface area contributed by atoms with E-state index in [0.717, 1.165) is 0 Å². The molecule has 0 aliphatic carbocycles. The third-order valence-electron chi connectivity index (χ3n) is 3.45. The fourth-order valence-electron chi connectivity index (χ4n) is 2.27. The van der Waals surface area contributed by atoms with E-state index < -0.39 is 17.8 Å². The zero-order valence-electron chi connectivity index (χ0n) is 14.5. The number of benzene rings is 2. The van der Waals surface area contributed by atoms with Crippen molar-refractivity contribution in [3.63, 3.8) is 0 Å². The highest BCUT2D eigenvalue weighted by molar-refractivity contribution is 5.97. The summed E-state index contributed by atoms with van der Waals surface area (Å²) in [5.74, 6) is -0.352. The van der Waals surface area contributed by atoms with Crippen LogP contribution in [0.5, 0.6) is 5.75 Å². The summed E-state index contributed by atoms with van der Waals surface area (Å²) < 4.78 is 19.1. The molecule has 0 saturated heterocycles. The summed E-state index contributed by atoms with van der Waals surface area (Å²) in [6.45, 7) is 5.41. The maximum absolute atomic E-state index is 13.5. The second-order valence-corrected chi connectivity index (χ2v) is 6.04. The van der Waals surface area contributed by atoms with Gasteiger partial charge in [0.05, 0.1) is 18.0 Å². The van der Waals surface area contributed by atoms with E-state index in [1.165, 1.54) is 12.1 Å². The van der Waals surface area contributed by atoms with Crippen LogP contribution in [0.4, 0.5) is 15.8 Å². The fourth-order valence-corrected chi connectivity index (χ4v) is 2.27. The highest BCUT2D eigenvalue weighted by Crippen LogP contribution is 2.24. The van der Waals surface area contributed by atoms with Gasteiger partial charge in [-0.05, 0) is 56.7 Å². The number of anilines is 2. The van der Waals surface area contributed by atoms with Gasteiger partial charge >= 0.3 is 0 Å². The molecule has 2 rings (SSSR count). The fraction of sp³-hybridized carbons (Fsp3) is 0.316. The lowest BCUT2D eigenvalue weighted by Crippen LogP contribution is -2.30. The summed E-state index contributed by atoms with van der Waals surface area (Å²) in [4.78, 5) is 12.4. The van der Waals surface area contributed by atoms with Crippen molar-refractivity contribution < 1.29 is 19.0 Å². The molecule has 0 fully saturated rings. The van der Waals surface area contributed by atoms with E-state index in [1.807, 2.05) is 13.8 Å². The van der Waals surface area contributed by atoms with Crippen LogP contribution in [-0.2, 0) is 11.4 Å². The van der Waals surface area contributed by atoms with Crippen LogP contribution in [0.1, 0.15) is 26.3 Å². The molecule has 2 aromatic rings. The predicted octanol–water partition coefficient (Wildman–Crippen LogP) is 3.54. The molecule has 1 unspecified atom stereocenters. The normalized spacial score (nSPS) is 11.9. The molecule has 0 aromatic heterocycles. The van der Waals surface area contributed by atoms with Crippen LogP contribution < -0.4 is 15.4 Å². The van der Waals surface area contributed by atoms with Gasteiger partial charge in [-0.1, -0.05) is 12.1 Å². The molecule has 134 valence electrons. The van der Waals surface area contributed by atoms with Gasteiger partial charge in [0.1, 0.15) is 11.6 Å². The minimum atomic E-state index is -0.788. The Hall–Kier alpha value is -2.60. The number of hydrogen-bond acceptors (Lipinski definition) is 4. The number of carbonyl (C=O) groups excluding carboxylic acids is 1. The highest BCUT2D eigenvalue weighted by Gasteiger charge is 2.17. The van der Waals surface area contributed by atoms with Crippen molar-refractivity contribution in [2.75, 3.05) is 10.6 Å². The standard InChI is InChI=1S/C19H23FN2O3/c1-12(2)21-17-8-7-15(20)10-18(17)22-19(24)13(3)25-16-6-4-5-14(9-16)11-23/h4-10,12-13,21,23H,11H2,1-3H3,(H,22,24). The summed E-state index contributed by atoms with van der Waals surface area (Å²) in [6, 6.07) is 11.2. The first-order chi connectivity index (χ1) is 11.9. The van der Waals surface area contributed by atoms with Gasteiger partial charge in [-0.3, -0.25) is 4.79 Å². The first-order valence-electron chi connectivity index (χ1n) is 8.12. The van der Waals surface area contributed by atoms with Crippen LogP contribution in [0.15, 0.2) is 42.5 Å². The molecule has 0 spiro atoms. The molecule has 5 nitrogen and oxygen atoms in total. The van der Waals surface area contributed by atoms with E-state index in [2.05, 4.69) is 10.6 Å². The molecule has 6 heteroatoms. The number of aliphatic hydroxyl groups excluding tert-OH is 1. The average Bonchev–Trinajstić information content (AvgIpc) is 2.57. The molecule has 25 heavy (non-hydrogen) atoms. The molecular formula is C19H23FN2O3. The molecule has 1 amide bonds. The van der Waals surface area contributed by atoms with Crippen LogP contribution in [0.3, 0.4) is 0 Å². The second-order valence-electron chi connectivity index (χ2n) is 6.04. The zero-order valence-corrected chi connectivity index (χ0v) is 14.5. The number of halogens is 1. The second kappa shape index (κ2) is 8.48. The van der Waals surface area contributed by atoms with Gasteiger partial charge in [0.15, 0.2) is 6.10 Å². The molecule has 1 atom stereocenters. The molecule has 0 radical (unpaired) electrons. The molecular weight excluding hydrogens is 323 g/mol. The quantitative estimate of drug-likeness (QED) is 0.717. The van der Waals surface area contributed by atoms with Crippen LogP contribution in [-0.4, -0.2) is 23.2 Å². The highest BCUT2D eigenvalue weighted by atomic mass is 19.1. The van der Waals surface area contributed by atoms with Crippen LogP contribution in [0, 0.1) is 5.82 Å². The van der Waals surface area contributed by atoms with Gasteiger partial charge in [0, 0.05) is 6.04 Å².